The molecule has 0 amide bonds. The summed E-state index contributed by atoms with van der Waals surface area (Å²) in [7, 11) is 0. The quantitative estimate of drug-likeness (QED) is 0.252. The number of hydrogen-bond donors (Lipinski definition) is 0. The van der Waals surface area contributed by atoms with Crippen molar-refractivity contribution >= 4 is 24.1 Å². The van der Waals surface area contributed by atoms with Crippen LogP contribution in [0, 0.1) is 5.82 Å². The van der Waals surface area contributed by atoms with E-state index >= 15 is 0 Å². The van der Waals surface area contributed by atoms with Crippen molar-refractivity contribution in [3.05, 3.63) is 96.0 Å². The molecule has 0 saturated heterocycles. The summed E-state index contributed by atoms with van der Waals surface area (Å²) < 4.78 is 30.4. The number of benzene rings is 2. The Balaban J connectivity index is 1.69. The van der Waals surface area contributed by atoms with E-state index in [4.69, 9.17) is 13.9 Å². The first-order valence-electron chi connectivity index (χ1n) is 9.66. The summed E-state index contributed by atoms with van der Waals surface area (Å²) in [4.78, 5) is 23.1. The van der Waals surface area contributed by atoms with Crippen LogP contribution in [-0.2, 0) is 9.59 Å². The lowest BCUT2D eigenvalue weighted by molar-refractivity contribution is -0.130. The van der Waals surface area contributed by atoms with E-state index in [0.29, 0.717) is 22.8 Å². The number of hydrogen-bond acceptors (Lipinski definition) is 5. The molecule has 0 aliphatic heterocycles. The van der Waals surface area contributed by atoms with Gasteiger partial charge in [0.25, 0.3) is 0 Å². The molecule has 2 aromatic carbocycles. The predicted octanol–water partition coefficient (Wildman–Crippen LogP) is 6.22. The minimum absolute atomic E-state index is 0.0864. The highest BCUT2D eigenvalue weighted by atomic mass is 19.1. The summed E-state index contributed by atoms with van der Waals surface area (Å²) in [5, 5.41) is 0. The molecule has 1 aromatic heterocycles. The zero-order valence-corrected chi connectivity index (χ0v) is 17.7. The molecule has 0 fully saturated rings. The van der Waals surface area contributed by atoms with Crippen LogP contribution in [0.3, 0.4) is 0 Å². The fraction of sp³-hybridized carbons (Fsp3) is 0.0769. The van der Waals surface area contributed by atoms with E-state index in [1.165, 1.54) is 19.1 Å². The second kappa shape index (κ2) is 9.75. The van der Waals surface area contributed by atoms with Crippen LogP contribution in [0.2, 0.25) is 0 Å². The first kappa shape index (κ1) is 22.5. The highest BCUT2D eigenvalue weighted by molar-refractivity contribution is 5.89. The lowest BCUT2D eigenvalue weighted by Crippen LogP contribution is -2.08. The van der Waals surface area contributed by atoms with E-state index < -0.39 is 17.8 Å². The third-order valence-corrected chi connectivity index (χ3v) is 4.27. The van der Waals surface area contributed by atoms with Crippen LogP contribution >= 0.6 is 0 Å². The summed E-state index contributed by atoms with van der Waals surface area (Å²) in [5.41, 5.74) is 1.64. The average molecular weight is 432 g/mol. The van der Waals surface area contributed by atoms with Crippen molar-refractivity contribution in [2.75, 3.05) is 0 Å². The van der Waals surface area contributed by atoms with Gasteiger partial charge in [0.2, 0.25) is 0 Å². The van der Waals surface area contributed by atoms with Gasteiger partial charge >= 0.3 is 11.9 Å². The molecule has 0 atom stereocenters. The number of halogens is 1. The molecule has 32 heavy (non-hydrogen) atoms. The van der Waals surface area contributed by atoms with Crippen LogP contribution in [0.25, 0.3) is 23.5 Å². The van der Waals surface area contributed by atoms with Crippen LogP contribution in [0.5, 0.6) is 11.5 Å². The largest absolute Gasteiger partial charge is 0.457 e. The zero-order valence-electron chi connectivity index (χ0n) is 17.7. The molecule has 1 heterocycles. The van der Waals surface area contributed by atoms with Gasteiger partial charge in [-0.3, -0.25) is 0 Å². The maximum absolute atomic E-state index is 14.5. The van der Waals surface area contributed by atoms with Crippen molar-refractivity contribution in [3.63, 3.8) is 0 Å². The number of carbonyl (C=O) groups is 2. The smallest absolute Gasteiger partial charge is 0.338 e. The van der Waals surface area contributed by atoms with Crippen molar-refractivity contribution in [3.8, 4) is 22.8 Å². The third kappa shape index (κ3) is 5.70. The Labute approximate surface area is 185 Å². The minimum Gasteiger partial charge on any atom is -0.457 e. The second-order valence-corrected chi connectivity index (χ2v) is 7.09. The Morgan fingerprint density at radius 1 is 0.844 bits per heavy atom. The summed E-state index contributed by atoms with van der Waals surface area (Å²) in [6.07, 6.45) is 3.54. The number of carbonyl (C=O) groups excluding carboxylic acids is 2. The van der Waals surface area contributed by atoms with Gasteiger partial charge in [0.1, 0.15) is 28.8 Å². The van der Waals surface area contributed by atoms with Crippen LogP contribution in [0.15, 0.2) is 83.3 Å². The first-order chi connectivity index (χ1) is 15.2. The highest BCUT2D eigenvalue weighted by Gasteiger charge is 2.13. The summed E-state index contributed by atoms with van der Waals surface area (Å²) in [5.74, 6) is -0.319. The maximum Gasteiger partial charge on any atom is 0.338 e. The van der Waals surface area contributed by atoms with Gasteiger partial charge in [-0.25, -0.2) is 14.0 Å². The van der Waals surface area contributed by atoms with Crippen LogP contribution in [-0.4, -0.2) is 11.9 Å². The van der Waals surface area contributed by atoms with Crippen molar-refractivity contribution in [2.24, 2.45) is 0 Å². The maximum atomic E-state index is 14.5. The number of rotatable bonds is 7. The molecule has 0 radical (unpaired) electrons. The average Bonchev–Trinajstić information content (AvgIpc) is 3.22. The Kier molecular flexibility index (Phi) is 6.85. The summed E-state index contributed by atoms with van der Waals surface area (Å²) in [6, 6.07) is 14.4. The third-order valence-electron chi connectivity index (χ3n) is 4.27. The molecular formula is C26H21FO5. The molecule has 162 valence electrons. The molecule has 0 unspecified atom stereocenters. The molecule has 0 N–H and O–H groups in total. The lowest BCUT2D eigenvalue weighted by atomic mass is 10.1. The molecule has 3 aromatic rings. The lowest BCUT2D eigenvalue weighted by Gasteiger charge is -2.05. The molecule has 5 nitrogen and oxygen atoms in total. The Morgan fingerprint density at radius 2 is 1.44 bits per heavy atom. The number of ether oxygens (including phenoxy) is 2. The molecule has 0 aliphatic rings. The standard InChI is InChI=1S/C26H21FO5/c1-16(2)25(28)31-20-9-6-18(7-10-20)5-8-19-12-14-24(30-19)22-13-11-21(15-23(22)27)32-26(29)17(3)4/h5-15H,1,3H2,2,4H3. The van der Waals surface area contributed by atoms with Crippen molar-refractivity contribution in [2.45, 2.75) is 13.8 Å². The zero-order chi connectivity index (χ0) is 23.3. The van der Waals surface area contributed by atoms with Gasteiger partial charge in [0, 0.05) is 17.2 Å². The van der Waals surface area contributed by atoms with E-state index in [0.717, 1.165) is 11.6 Å². The molecule has 0 spiro atoms. The molecule has 0 bridgehead atoms. The number of esters is 2. The molecule has 0 saturated carbocycles. The van der Waals surface area contributed by atoms with Crippen molar-refractivity contribution < 1.29 is 27.9 Å². The summed E-state index contributed by atoms with van der Waals surface area (Å²) >= 11 is 0. The van der Waals surface area contributed by atoms with Gasteiger partial charge in [0.15, 0.2) is 0 Å². The summed E-state index contributed by atoms with van der Waals surface area (Å²) in [6.45, 7) is 10.1. The molecule has 3 rings (SSSR count). The first-order valence-corrected chi connectivity index (χ1v) is 9.66. The fourth-order valence-electron chi connectivity index (χ4n) is 2.56. The highest BCUT2D eigenvalue weighted by Crippen LogP contribution is 2.29. The Bertz CT molecular complexity index is 1220. The van der Waals surface area contributed by atoms with Gasteiger partial charge < -0.3 is 13.9 Å². The molecule has 6 heteroatoms. The van der Waals surface area contributed by atoms with E-state index in [1.807, 2.05) is 6.08 Å². The van der Waals surface area contributed by atoms with Crippen LogP contribution in [0.1, 0.15) is 25.2 Å². The Morgan fingerprint density at radius 3 is 2.03 bits per heavy atom. The SMILES string of the molecule is C=C(C)C(=O)Oc1ccc(C=Cc2ccc(-c3ccc(OC(=O)C(=C)C)cc3F)o2)cc1. The van der Waals surface area contributed by atoms with Crippen molar-refractivity contribution in [1.29, 1.82) is 0 Å². The van der Waals surface area contributed by atoms with Crippen molar-refractivity contribution in [1.82, 2.24) is 0 Å². The molecular weight excluding hydrogens is 411 g/mol. The predicted molar refractivity (Wildman–Crippen MR) is 120 cm³/mol. The monoisotopic (exact) mass is 432 g/mol. The topological polar surface area (TPSA) is 65.7 Å². The molecule has 0 aliphatic carbocycles. The van der Waals surface area contributed by atoms with E-state index in [2.05, 4.69) is 13.2 Å². The van der Waals surface area contributed by atoms with Gasteiger partial charge in [0.05, 0.1) is 5.56 Å². The Hall–Kier alpha value is -4.19. The van der Waals surface area contributed by atoms with E-state index in [9.17, 15) is 14.0 Å². The second-order valence-electron chi connectivity index (χ2n) is 7.09. The van der Waals surface area contributed by atoms with Crippen LogP contribution < -0.4 is 9.47 Å². The van der Waals surface area contributed by atoms with E-state index in [1.54, 1.807) is 49.4 Å². The van der Waals surface area contributed by atoms with Crippen LogP contribution in [0.4, 0.5) is 4.39 Å². The normalized spacial score (nSPS) is 10.7. The van der Waals surface area contributed by atoms with Gasteiger partial charge in [-0.2, -0.15) is 0 Å². The van der Waals surface area contributed by atoms with Gasteiger partial charge in [-0.05, 0) is 61.9 Å². The fourth-order valence-corrected chi connectivity index (χ4v) is 2.56. The van der Waals surface area contributed by atoms with Gasteiger partial charge in [-0.1, -0.05) is 31.4 Å². The van der Waals surface area contributed by atoms with Gasteiger partial charge in [-0.15, -0.1) is 0 Å². The van der Waals surface area contributed by atoms with E-state index in [-0.39, 0.29) is 16.9 Å². The number of furan rings is 1. The minimum atomic E-state index is -0.621.